The fraction of sp³-hybridized carbons (Fsp3) is 0.400. The van der Waals surface area contributed by atoms with Crippen LogP contribution >= 0.6 is 12.4 Å². The highest BCUT2D eigenvalue weighted by Gasteiger charge is 2.29. The zero-order valence-electron chi connectivity index (χ0n) is 16.1. The van der Waals surface area contributed by atoms with Gasteiger partial charge in [0.2, 0.25) is 0 Å². The molecule has 2 aromatic heterocycles. The molecule has 0 atom stereocenters. The topological polar surface area (TPSA) is 80.9 Å². The molecule has 0 radical (unpaired) electrons. The lowest BCUT2D eigenvalue weighted by Crippen LogP contribution is -2.38. The van der Waals surface area contributed by atoms with Gasteiger partial charge in [-0.05, 0) is 43.2 Å². The van der Waals surface area contributed by atoms with E-state index in [4.69, 9.17) is 0 Å². The zero-order valence-corrected chi connectivity index (χ0v) is 16.9. The number of amides is 1. The number of hydrogen-bond donors (Lipinski definition) is 1. The van der Waals surface area contributed by atoms with Gasteiger partial charge in [0.15, 0.2) is 0 Å². The highest BCUT2D eigenvalue weighted by molar-refractivity contribution is 5.94. The summed E-state index contributed by atoms with van der Waals surface area (Å²) in [6.07, 6.45) is 5.50. The van der Waals surface area contributed by atoms with Gasteiger partial charge in [-0.2, -0.15) is 5.10 Å². The fourth-order valence-electron chi connectivity index (χ4n) is 4.12. The van der Waals surface area contributed by atoms with E-state index in [1.165, 1.54) is 0 Å². The number of nitrogens with one attached hydrogen (secondary N) is 1. The number of halogens is 1. The minimum Gasteiger partial charge on any atom is -0.339 e. The van der Waals surface area contributed by atoms with Crippen LogP contribution in [0.3, 0.4) is 0 Å². The van der Waals surface area contributed by atoms with Gasteiger partial charge >= 0.3 is 0 Å². The highest BCUT2D eigenvalue weighted by atomic mass is 35.5. The van der Waals surface area contributed by atoms with Crippen molar-refractivity contribution in [2.75, 3.05) is 19.6 Å². The van der Waals surface area contributed by atoms with Crippen molar-refractivity contribution in [3.8, 4) is 5.69 Å². The van der Waals surface area contributed by atoms with Crippen LogP contribution in [0.1, 0.15) is 40.8 Å². The smallest absolute Gasteiger partial charge is 0.253 e. The van der Waals surface area contributed by atoms with Gasteiger partial charge in [-0.3, -0.25) is 4.79 Å². The molecule has 3 aromatic rings. The summed E-state index contributed by atoms with van der Waals surface area (Å²) in [5, 5.41) is 16.3. The van der Waals surface area contributed by atoms with Gasteiger partial charge in [-0.1, -0.05) is 0 Å². The highest BCUT2D eigenvalue weighted by Crippen LogP contribution is 2.28. The monoisotopic (exact) mass is 413 g/mol. The molecule has 5 rings (SSSR count). The Labute approximate surface area is 175 Å². The van der Waals surface area contributed by atoms with Gasteiger partial charge in [0, 0.05) is 50.1 Å². The van der Waals surface area contributed by atoms with Crippen molar-refractivity contribution in [1.29, 1.82) is 0 Å². The Balaban J connectivity index is 0.00000205. The molecular formula is C20H24ClN7O. The predicted molar refractivity (Wildman–Crippen MR) is 110 cm³/mol. The molecule has 9 heteroatoms. The predicted octanol–water partition coefficient (Wildman–Crippen LogP) is 2.01. The third kappa shape index (κ3) is 3.77. The third-order valence-corrected chi connectivity index (χ3v) is 5.68. The summed E-state index contributed by atoms with van der Waals surface area (Å²) >= 11 is 0. The third-order valence-electron chi connectivity index (χ3n) is 5.68. The summed E-state index contributed by atoms with van der Waals surface area (Å²) in [6.45, 7) is 4.19. The largest absolute Gasteiger partial charge is 0.339 e. The minimum absolute atomic E-state index is 0. The number of nitrogens with zero attached hydrogens (tertiary/aromatic N) is 6. The van der Waals surface area contributed by atoms with Gasteiger partial charge in [0.1, 0.15) is 11.6 Å². The number of carbonyl (C=O) groups is 1. The van der Waals surface area contributed by atoms with Gasteiger partial charge < -0.3 is 14.8 Å². The SMILES string of the molecule is Cl.O=C(c1ccc(-n2cccn2)cc1)N1CCC(c2nnc3n2CCNC3)CC1. The van der Waals surface area contributed by atoms with Crippen LogP contribution in [-0.2, 0) is 13.1 Å². The van der Waals surface area contributed by atoms with Crippen LogP contribution in [0.15, 0.2) is 42.7 Å². The van der Waals surface area contributed by atoms with E-state index < -0.39 is 0 Å². The van der Waals surface area contributed by atoms with E-state index in [1.807, 2.05) is 41.4 Å². The second kappa shape index (κ2) is 8.34. The van der Waals surface area contributed by atoms with Crippen LogP contribution in [-0.4, -0.2) is 55.0 Å². The molecule has 1 amide bonds. The molecule has 8 nitrogen and oxygen atoms in total. The molecule has 29 heavy (non-hydrogen) atoms. The number of likely N-dealkylation sites (tertiary alicyclic amines) is 1. The van der Waals surface area contributed by atoms with Gasteiger partial charge in [-0.25, -0.2) is 4.68 Å². The molecule has 0 unspecified atom stereocenters. The molecule has 0 spiro atoms. The maximum Gasteiger partial charge on any atom is 0.253 e. The van der Waals surface area contributed by atoms with Gasteiger partial charge in [-0.15, -0.1) is 22.6 Å². The first-order chi connectivity index (χ1) is 13.8. The lowest BCUT2D eigenvalue weighted by molar-refractivity contribution is 0.0710. The van der Waals surface area contributed by atoms with E-state index in [2.05, 4.69) is 25.2 Å². The Morgan fingerprint density at radius 3 is 2.59 bits per heavy atom. The van der Waals surface area contributed by atoms with E-state index in [0.29, 0.717) is 5.92 Å². The minimum atomic E-state index is 0. The lowest BCUT2D eigenvalue weighted by Gasteiger charge is -2.32. The van der Waals surface area contributed by atoms with Crippen molar-refractivity contribution in [2.45, 2.75) is 31.8 Å². The zero-order chi connectivity index (χ0) is 18.9. The van der Waals surface area contributed by atoms with Crippen molar-refractivity contribution in [2.24, 2.45) is 0 Å². The standard InChI is InChI=1S/C20H23N7O.ClH/c28-20(16-2-4-17(5-3-16)27-10-1-8-22-27)25-11-6-15(7-12-25)19-24-23-18-14-21-9-13-26(18)19;/h1-5,8,10,15,21H,6-7,9,11-14H2;1H. The molecule has 2 aliphatic heterocycles. The van der Waals surface area contributed by atoms with E-state index in [-0.39, 0.29) is 18.3 Å². The average Bonchev–Trinajstić information content (AvgIpc) is 3.44. The Hall–Kier alpha value is -2.71. The molecule has 2 aliphatic rings. The number of carbonyl (C=O) groups excluding carboxylic acids is 1. The summed E-state index contributed by atoms with van der Waals surface area (Å²) in [7, 11) is 0. The van der Waals surface area contributed by atoms with Crippen LogP contribution in [0.25, 0.3) is 5.69 Å². The van der Waals surface area contributed by atoms with E-state index in [0.717, 1.165) is 68.5 Å². The number of hydrogen-bond acceptors (Lipinski definition) is 5. The maximum absolute atomic E-state index is 12.9. The molecule has 1 N–H and O–H groups in total. The number of piperidine rings is 1. The summed E-state index contributed by atoms with van der Waals surface area (Å²) < 4.78 is 4.04. The van der Waals surface area contributed by atoms with E-state index in [1.54, 1.807) is 10.9 Å². The molecule has 0 aliphatic carbocycles. The Morgan fingerprint density at radius 2 is 1.86 bits per heavy atom. The molecular weight excluding hydrogens is 390 g/mol. The van der Waals surface area contributed by atoms with Crippen LogP contribution in [0.4, 0.5) is 0 Å². The molecule has 1 aromatic carbocycles. The van der Waals surface area contributed by atoms with Crippen LogP contribution in [0.5, 0.6) is 0 Å². The summed E-state index contributed by atoms with van der Waals surface area (Å²) in [4.78, 5) is 14.8. The molecule has 0 bridgehead atoms. The van der Waals surface area contributed by atoms with E-state index in [9.17, 15) is 4.79 Å². The average molecular weight is 414 g/mol. The first-order valence-corrected chi connectivity index (χ1v) is 9.81. The van der Waals surface area contributed by atoms with Gasteiger partial charge in [0.25, 0.3) is 5.91 Å². The summed E-state index contributed by atoms with van der Waals surface area (Å²) in [6, 6.07) is 9.51. The molecule has 1 fully saturated rings. The van der Waals surface area contributed by atoms with Gasteiger partial charge in [0.05, 0.1) is 12.2 Å². The first kappa shape index (κ1) is 19.6. The Kier molecular flexibility index (Phi) is 5.64. The van der Waals surface area contributed by atoms with Crippen molar-refractivity contribution in [3.63, 3.8) is 0 Å². The van der Waals surface area contributed by atoms with Crippen molar-refractivity contribution in [1.82, 2.24) is 34.8 Å². The van der Waals surface area contributed by atoms with Crippen LogP contribution < -0.4 is 5.32 Å². The number of aromatic nitrogens is 5. The maximum atomic E-state index is 12.9. The summed E-state index contributed by atoms with van der Waals surface area (Å²) in [5.74, 6) is 2.59. The Bertz CT molecular complexity index is 959. The number of rotatable bonds is 3. The van der Waals surface area contributed by atoms with E-state index >= 15 is 0 Å². The fourth-order valence-corrected chi connectivity index (χ4v) is 4.12. The van der Waals surface area contributed by atoms with Crippen molar-refractivity contribution in [3.05, 3.63) is 59.9 Å². The molecule has 4 heterocycles. The summed E-state index contributed by atoms with van der Waals surface area (Å²) in [5.41, 5.74) is 1.67. The lowest BCUT2D eigenvalue weighted by atomic mass is 9.95. The Morgan fingerprint density at radius 1 is 1.07 bits per heavy atom. The van der Waals surface area contributed by atoms with Crippen LogP contribution in [0.2, 0.25) is 0 Å². The van der Waals surface area contributed by atoms with Crippen LogP contribution in [0, 0.1) is 0 Å². The number of fused-ring (bicyclic) bond motifs is 1. The molecule has 1 saturated heterocycles. The molecule has 152 valence electrons. The first-order valence-electron chi connectivity index (χ1n) is 9.81. The second-order valence-corrected chi connectivity index (χ2v) is 7.37. The van der Waals surface area contributed by atoms with Crippen molar-refractivity contribution >= 4 is 18.3 Å². The van der Waals surface area contributed by atoms with Crippen molar-refractivity contribution < 1.29 is 4.79 Å². The quantitative estimate of drug-likeness (QED) is 0.710. The molecule has 0 saturated carbocycles. The number of benzene rings is 1. The second-order valence-electron chi connectivity index (χ2n) is 7.37. The normalized spacial score (nSPS) is 16.9.